The number of amides is 1. The molecule has 3 saturated carbocycles. The highest BCUT2D eigenvalue weighted by Gasteiger charge is 2.69. The minimum absolute atomic E-state index is 0.00739. The van der Waals surface area contributed by atoms with Crippen LogP contribution in [0.1, 0.15) is 92.1 Å². The van der Waals surface area contributed by atoms with Crippen molar-refractivity contribution in [1.82, 2.24) is 5.32 Å². The Kier molecular flexibility index (Phi) is 7.75. The summed E-state index contributed by atoms with van der Waals surface area (Å²) in [4.78, 5) is 41.7. The molecule has 246 valence electrons. The number of Topliss-reactive ketones (excluding diaryl/α,β-unsaturated/α-hetero) is 1. The molecule has 0 aliphatic heterocycles. The molecule has 0 saturated heterocycles. The number of methoxy groups -OCH3 is 1. The van der Waals surface area contributed by atoms with Gasteiger partial charge < -0.3 is 10.1 Å². The maximum absolute atomic E-state index is 14.7. The lowest BCUT2D eigenvalue weighted by Crippen LogP contribution is -2.69. The van der Waals surface area contributed by atoms with Crippen molar-refractivity contribution in [2.45, 2.75) is 92.0 Å². The molecule has 1 amide bonds. The molecule has 1 N–H and O–H groups in total. The second-order valence-corrected chi connectivity index (χ2v) is 16.5. The molecule has 0 radical (unpaired) electrons. The first-order valence-electron chi connectivity index (χ1n) is 17.1. The first-order chi connectivity index (χ1) is 22.1. The fourth-order valence-corrected chi connectivity index (χ4v) is 10.8. The Labute approximate surface area is 279 Å². The first-order valence-corrected chi connectivity index (χ1v) is 17.1. The van der Waals surface area contributed by atoms with Crippen molar-refractivity contribution >= 4 is 23.5 Å². The van der Waals surface area contributed by atoms with Crippen LogP contribution in [-0.4, -0.2) is 30.1 Å². The van der Waals surface area contributed by atoms with Gasteiger partial charge in [0.05, 0.1) is 12.7 Å². The van der Waals surface area contributed by atoms with Crippen LogP contribution in [0.25, 0.3) is 6.08 Å². The maximum Gasteiger partial charge on any atom is 0.262 e. The van der Waals surface area contributed by atoms with Crippen molar-refractivity contribution in [1.29, 1.82) is 10.5 Å². The summed E-state index contributed by atoms with van der Waals surface area (Å²) in [6, 6.07) is 11.5. The number of carbonyl (C=O) groups is 3. The zero-order valence-corrected chi connectivity index (χ0v) is 28.8. The lowest BCUT2D eigenvalue weighted by atomic mass is 9.36. The van der Waals surface area contributed by atoms with Gasteiger partial charge in [0.1, 0.15) is 23.5 Å². The predicted octanol–water partition coefficient (Wildman–Crippen LogP) is 7.30. The average Bonchev–Trinajstić information content (AvgIpc) is 3.03. The third-order valence-electron chi connectivity index (χ3n) is 13.7. The van der Waals surface area contributed by atoms with Crippen LogP contribution in [0.5, 0.6) is 5.75 Å². The molecule has 5 aliphatic rings. The van der Waals surface area contributed by atoms with Crippen LogP contribution in [0.2, 0.25) is 0 Å². The summed E-state index contributed by atoms with van der Waals surface area (Å²) < 4.78 is 5.25. The van der Waals surface area contributed by atoms with Gasteiger partial charge in [0.2, 0.25) is 0 Å². The fraction of sp³-hybridized carbons (Fsp3) is 0.575. The van der Waals surface area contributed by atoms with E-state index in [9.17, 15) is 24.9 Å². The van der Waals surface area contributed by atoms with Gasteiger partial charge >= 0.3 is 0 Å². The SMILES string of the molecule is COc1ccc(/C=C(\C#N)C(=O)NC23CCC(C)(C)CC2C2C(=O)C=C4C5(C)C=C(C#N)C(=O)C(C)C5CCC4(C)[C@]2(C)CC3)cc1. The van der Waals surface area contributed by atoms with Gasteiger partial charge in [-0.1, -0.05) is 65.3 Å². The van der Waals surface area contributed by atoms with E-state index in [4.69, 9.17) is 4.74 Å². The van der Waals surface area contributed by atoms with Crippen LogP contribution in [0.4, 0.5) is 0 Å². The van der Waals surface area contributed by atoms with E-state index in [0.29, 0.717) is 5.75 Å². The summed E-state index contributed by atoms with van der Waals surface area (Å²) in [6.07, 6.45) is 11.0. The molecule has 0 bridgehead atoms. The first kappa shape index (κ1) is 33.0. The highest BCUT2D eigenvalue weighted by Crippen LogP contribution is 2.72. The Morgan fingerprint density at radius 2 is 1.66 bits per heavy atom. The molecule has 6 rings (SSSR count). The second-order valence-electron chi connectivity index (χ2n) is 16.5. The third kappa shape index (κ3) is 4.83. The van der Waals surface area contributed by atoms with Gasteiger partial charge in [-0.25, -0.2) is 0 Å². The summed E-state index contributed by atoms with van der Waals surface area (Å²) in [5.41, 5.74) is 0.174. The van der Waals surface area contributed by atoms with Gasteiger partial charge in [-0.2, -0.15) is 10.5 Å². The van der Waals surface area contributed by atoms with E-state index in [2.05, 4.69) is 52.1 Å². The molecular formula is C40H47N3O4. The van der Waals surface area contributed by atoms with Gasteiger partial charge in [-0.3, -0.25) is 14.4 Å². The number of nitrogens with one attached hydrogen (secondary N) is 1. The van der Waals surface area contributed by atoms with Crippen molar-refractivity contribution in [2.75, 3.05) is 7.11 Å². The molecule has 7 nitrogen and oxygen atoms in total. The van der Waals surface area contributed by atoms with Gasteiger partial charge in [0.15, 0.2) is 11.6 Å². The van der Waals surface area contributed by atoms with Crippen LogP contribution in [0, 0.1) is 68.0 Å². The molecule has 8 atom stereocenters. The van der Waals surface area contributed by atoms with Crippen molar-refractivity contribution in [3.05, 3.63) is 58.7 Å². The zero-order valence-electron chi connectivity index (χ0n) is 28.8. The maximum atomic E-state index is 14.7. The van der Waals surface area contributed by atoms with E-state index >= 15 is 0 Å². The van der Waals surface area contributed by atoms with Crippen LogP contribution >= 0.6 is 0 Å². The van der Waals surface area contributed by atoms with Gasteiger partial charge in [-0.15, -0.1) is 0 Å². The van der Waals surface area contributed by atoms with Crippen LogP contribution < -0.4 is 10.1 Å². The molecule has 1 aromatic rings. The molecule has 47 heavy (non-hydrogen) atoms. The summed E-state index contributed by atoms with van der Waals surface area (Å²) in [5.74, 6) is -0.343. The zero-order chi connectivity index (χ0) is 34.2. The number of ketones is 2. The topological polar surface area (TPSA) is 120 Å². The van der Waals surface area contributed by atoms with E-state index in [1.54, 1.807) is 25.3 Å². The molecule has 1 aromatic carbocycles. The summed E-state index contributed by atoms with van der Waals surface area (Å²) in [7, 11) is 1.59. The Hall–Kier alpha value is -3.97. The average molecular weight is 634 g/mol. The normalized spacial score (nSPS) is 39.0. The number of nitriles is 2. The van der Waals surface area contributed by atoms with E-state index in [1.807, 2.05) is 31.2 Å². The highest BCUT2D eigenvalue weighted by atomic mass is 16.5. The Morgan fingerprint density at radius 3 is 2.30 bits per heavy atom. The molecular weight excluding hydrogens is 586 g/mol. The van der Waals surface area contributed by atoms with E-state index < -0.39 is 16.9 Å². The largest absolute Gasteiger partial charge is 0.497 e. The highest BCUT2D eigenvalue weighted by molar-refractivity contribution is 6.03. The van der Waals surface area contributed by atoms with Gasteiger partial charge in [0, 0.05) is 22.8 Å². The van der Waals surface area contributed by atoms with Crippen molar-refractivity contribution in [2.24, 2.45) is 45.3 Å². The van der Waals surface area contributed by atoms with Crippen LogP contribution in [-0.2, 0) is 14.4 Å². The number of rotatable bonds is 4. The summed E-state index contributed by atoms with van der Waals surface area (Å²) >= 11 is 0. The number of allylic oxidation sites excluding steroid dienone is 4. The Morgan fingerprint density at radius 1 is 0.979 bits per heavy atom. The van der Waals surface area contributed by atoms with Crippen LogP contribution in [0.3, 0.4) is 0 Å². The minimum atomic E-state index is -0.606. The Balaban J connectivity index is 1.41. The molecule has 0 aromatic heterocycles. The number of hydrogen-bond acceptors (Lipinski definition) is 6. The Bertz CT molecular complexity index is 1720. The van der Waals surface area contributed by atoms with Gasteiger partial charge in [-0.05, 0) is 103 Å². The number of carbonyl (C=O) groups excluding carboxylic acids is 3. The van der Waals surface area contributed by atoms with Gasteiger partial charge in [0.25, 0.3) is 5.91 Å². The summed E-state index contributed by atoms with van der Waals surface area (Å²) in [5, 5.41) is 23.4. The van der Waals surface area contributed by atoms with E-state index in [-0.39, 0.29) is 62.6 Å². The monoisotopic (exact) mass is 633 g/mol. The minimum Gasteiger partial charge on any atom is -0.497 e. The van der Waals surface area contributed by atoms with E-state index in [0.717, 1.165) is 56.1 Å². The molecule has 7 unspecified atom stereocenters. The van der Waals surface area contributed by atoms with E-state index in [1.165, 1.54) is 0 Å². The quantitative estimate of drug-likeness (QED) is 0.274. The number of ether oxygens (including phenoxy) is 1. The number of benzene rings is 1. The second kappa shape index (κ2) is 11.0. The fourth-order valence-electron chi connectivity index (χ4n) is 10.8. The molecule has 5 aliphatic carbocycles. The predicted molar refractivity (Wildman–Crippen MR) is 179 cm³/mol. The molecule has 0 spiro atoms. The molecule has 0 heterocycles. The molecule has 3 fully saturated rings. The van der Waals surface area contributed by atoms with Crippen LogP contribution in [0.15, 0.2) is 53.1 Å². The standard InChI is InChI=1S/C40H47N3O4/c1-24-29-12-13-38(5)32(37(29,4)20-27(23-42)34(24)45)19-31(44)33-30-21-36(2,3)14-16-40(30,17-15-39(33,38)6)43-35(46)26(22-41)18-25-8-10-28(47-7)11-9-25/h8-11,18-20,24,29-30,33H,12-17,21H2,1-7H3,(H,43,46)/b26-18+/t24?,29?,30?,33?,37?,38?,39-,40?/m1/s1. The van der Waals surface area contributed by atoms with Crippen molar-refractivity contribution in [3.63, 3.8) is 0 Å². The van der Waals surface area contributed by atoms with Crippen molar-refractivity contribution in [3.8, 4) is 17.9 Å². The number of hydrogen-bond donors (Lipinski definition) is 1. The number of nitrogens with zero attached hydrogens (tertiary/aromatic N) is 2. The van der Waals surface area contributed by atoms with Crippen molar-refractivity contribution < 1.29 is 19.1 Å². The molecule has 7 heteroatoms. The smallest absolute Gasteiger partial charge is 0.262 e. The lowest BCUT2D eigenvalue weighted by molar-refractivity contribution is -0.161. The lowest BCUT2D eigenvalue weighted by Gasteiger charge is -2.68. The number of fused-ring (bicyclic) bond motifs is 7. The third-order valence-corrected chi connectivity index (χ3v) is 13.7. The summed E-state index contributed by atoms with van der Waals surface area (Å²) in [6.45, 7) is 13.2.